The molecule has 0 unspecified atom stereocenters. The number of hydrogen-bond acceptors (Lipinski definition) is 5. The lowest BCUT2D eigenvalue weighted by Crippen LogP contribution is -2.44. The van der Waals surface area contributed by atoms with Crippen molar-refractivity contribution in [1.82, 2.24) is 14.3 Å². The molecular weight excluding hydrogens is 485 g/mol. The fraction of sp³-hybridized carbons (Fsp3) is 0.531. The summed E-state index contributed by atoms with van der Waals surface area (Å²) in [6.07, 6.45) is 8.57. The Hall–Kier alpha value is -2.77. The molecule has 0 N–H and O–H groups in total. The first-order chi connectivity index (χ1) is 19.0. The van der Waals surface area contributed by atoms with Gasteiger partial charge in [-0.15, -0.1) is 0 Å². The predicted molar refractivity (Wildman–Crippen MR) is 157 cm³/mol. The number of ether oxygens (including phenoxy) is 2. The Morgan fingerprint density at radius 2 is 1.67 bits per heavy atom. The van der Waals surface area contributed by atoms with E-state index in [0.29, 0.717) is 31.7 Å². The molecule has 0 bridgehead atoms. The molecule has 1 aliphatic carbocycles. The van der Waals surface area contributed by atoms with Crippen LogP contribution in [-0.4, -0.2) is 61.1 Å². The molecule has 1 saturated carbocycles. The topological polar surface area (TPSA) is 46.9 Å². The van der Waals surface area contributed by atoms with Crippen LogP contribution in [0.25, 0.3) is 10.9 Å². The van der Waals surface area contributed by atoms with Crippen molar-refractivity contribution in [3.8, 4) is 11.5 Å². The molecule has 3 aliphatic rings. The SMILES string of the molecule is [B]N(Cc1ccc2c(c1)OCCO2)C1CCN(CCn2c(=O)cc(C)c3ccc(C4CCCCC4)cc32)CC1. The number of pyridine rings is 1. The average molecular weight is 526 g/mol. The molecule has 2 radical (unpaired) electrons. The summed E-state index contributed by atoms with van der Waals surface area (Å²) in [6, 6.07) is 15.1. The number of likely N-dealkylation sites (tertiary alicyclic amines) is 1. The number of hydrogen-bond donors (Lipinski definition) is 0. The summed E-state index contributed by atoms with van der Waals surface area (Å²) in [4.78, 5) is 17.6. The first-order valence-electron chi connectivity index (χ1n) is 14.8. The van der Waals surface area contributed by atoms with Crippen LogP contribution in [0.1, 0.15) is 67.6 Å². The third kappa shape index (κ3) is 5.90. The largest absolute Gasteiger partial charge is 0.486 e. The normalized spacial score (nSPS) is 19.1. The molecule has 2 fully saturated rings. The molecule has 7 heteroatoms. The van der Waals surface area contributed by atoms with Gasteiger partial charge in [0.1, 0.15) is 13.2 Å². The van der Waals surface area contributed by atoms with Crippen molar-refractivity contribution in [2.75, 3.05) is 32.8 Å². The minimum Gasteiger partial charge on any atom is -0.486 e. The standard InChI is InChI=1S/C32H40BN3O3/c1-23-19-32(37)35(29-21-26(8-9-28(23)29)25-5-3-2-4-6-25)16-15-34-13-11-27(12-14-34)36(33)22-24-7-10-30-31(20-24)39-18-17-38-30/h7-10,19-21,25,27H,2-6,11-18,22H2,1H3. The van der Waals surface area contributed by atoms with Gasteiger partial charge in [0.15, 0.2) is 19.5 Å². The van der Waals surface area contributed by atoms with Gasteiger partial charge in [-0.05, 0) is 86.5 Å². The maximum Gasteiger partial charge on any atom is 0.251 e. The van der Waals surface area contributed by atoms with Crippen molar-refractivity contribution in [2.24, 2.45) is 0 Å². The first kappa shape index (κ1) is 26.5. The third-order valence-electron chi connectivity index (χ3n) is 9.06. The van der Waals surface area contributed by atoms with E-state index in [1.54, 1.807) is 6.07 Å². The third-order valence-corrected chi connectivity index (χ3v) is 9.06. The van der Waals surface area contributed by atoms with E-state index in [1.807, 2.05) is 21.5 Å². The highest BCUT2D eigenvalue weighted by Gasteiger charge is 2.23. The van der Waals surface area contributed by atoms with E-state index in [9.17, 15) is 4.79 Å². The summed E-state index contributed by atoms with van der Waals surface area (Å²) >= 11 is 0. The van der Waals surface area contributed by atoms with Crippen molar-refractivity contribution in [3.63, 3.8) is 0 Å². The van der Waals surface area contributed by atoms with Crippen LogP contribution in [-0.2, 0) is 13.1 Å². The summed E-state index contributed by atoms with van der Waals surface area (Å²) < 4.78 is 13.4. The van der Waals surface area contributed by atoms with E-state index in [2.05, 4.69) is 36.1 Å². The molecule has 204 valence electrons. The number of piperidine rings is 1. The maximum absolute atomic E-state index is 13.1. The van der Waals surface area contributed by atoms with Gasteiger partial charge in [-0.1, -0.05) is 37.5 Å². The summed E-state index contributed by atoms with van der Waals surface area (Å²) in [7, 11) is 6.54. The number of nitrogens with zero attached hydrogens (tertiary/aromatic N) is 3. The summed E-state index contributed by atoms with van der Waals surface area (Å²) in [5.74, 6) is 2.26. The maximum atomic E-state index is 13.1. The van der Waals surface area contributed by atoms with Crippen molar-refractivity contribution < 1.29 is 9.47 Å². The molecule has 1 saturated heterocycles. The quantitative estimate of drug-likeness (QED) is 0.398. The van der Waals surface area contributed by atoms with Gasteiger partial charge in [-0.3, -0.25) is 4.79 Å². The number of aryl methyl sites for hydroxylation is 1. The molecule has 0 atom stereocenters. The van der Waals surface area contributed by atoms with Crippen LogP contribution in [0.5, 0.6) is 11.5 Å². The fourth-order valence-electron chi connectivity index (χ4n) is 6.73. The lowest BCUT2D eigenvalue weighted by atomic mass is 9.83. The summed E-state index contributed by atoms with van der Waals surface area (Å²) in [5.41, 5.74) is 4.84. The zero-order chi connectivity index (χ0) is 26.8. The van der Waals surface area contributed by atoms with Gasteiger partial charge in [0.05, 0.1) is 5.52 Å². The van der Waals surface area contributed by atoms with Crippen molar-refractivity contribution in [2.45, 2.75) is 76.9 Å². The monoisotopic (exact) mass is 525 g/mol. The van der Waals surface area contributed by atoms with Gasteiger partial charge in [0.2, 0.25) is 0 Å². The predicted octanol–water partition coefficient (Wildman–Crippen LogP) is 5.18. The number of aromatic nitrogens is 1. The fourth-order valence-corrected chi connectivity index (χ4v) is 6.73. The highest BCUT2D eigenvalue weighted by Crippen LogP contribution is 2.34. The molecule has 0 spiro atoms. The summed E-state index contributed by atoms with van der Waals surface area (Å²) in [6.45, 7) is 7.52. The Morgan fingerprint density at radius 1 is 0.897 bits per heavy atom. The summed E-state index contributed by atoms with van der Waals surface area (Å²) in [5, 5.41) is 1.20. The highest BCUT2D eigenvalue weighted by molar-refractivity contribution is 6.04. The minimum atomic E-state index is 0.114. The lowest BCUT2D eigenvalue weighted by molar-refractivity contribution is 0.153. The molecule has 3 aromatic rings. The van der Waals surface area contributed by atoms with Gasteiger partial charge >= 0.3 is 0 Å². The van der Waals surface area contributed by atoms with Crippen LogP contribution in [0, 0.1) is 6.92 Å². The van der Waals surface area contributed by atoms with Gasteiger partial charge in [-0.25, -0.2) is 0 Å². The van der Waals surface area contributed by atoms with Crippen molar-refractivity contribution >= 4 is 18.9 Å². The van der Waals surface area contributed by atoms with Crippen LogP contribution in [0.15, 0.2) is 47.3 Å². The molecule has 2 aromatic carbocycles. The van der Waals surface area contributed by atoms with Gasteiger partial charge in [-0.2, -0.15) is 0 Å². The minimum absolute atomic E-state index is 0.114. The average Bonchev–Trinajstić information content (AvgIpc) is 2.97. The van der Waals surface area contributed by atoms with Crippen molar-refractivity contribution in [1.29, 1.82) is 0 Å². The zero-order valence-electron chi connectivity index (χ0n) is 23.2. The first-order valence-corrected chi connectivity index (χ1v) is 14.8. The molecule has 6 rings (SSSR count). The van der Waals surface area contributed by atoms with Gasteiger partial charge in [0.25, 0.3) is 5.56 Å². The molecule has 39 heavy (non-hydrogen) atoms. The number of fused-ring (bicyclic) bond motifs is 2. The molecule has 0 amide bonds. The second kappa shape index (κ2) is 11.8. The van der Waals surface area contributed by atoms with Crippen LogP contribution in [0.2, 0.25) is 0 Å². The van der Waals surface area contributed by atoms with Gasteiger partial charge in [0, 0.05) is 37.1 Å². The van der Waals surface area contributed by atoms with E-state index in [4.69, 9.17) is 17.5 Å². The Morgan fingerprint density at radius 3 is 2.46 bits per heavy atom. The van der Waals surface area contributed by atoms with Crippen molar-refractivity contribution in [3.05, 3.63) is 69.5 Å². The highest BCUT2D eigenvalue weighted by atomic mass is 16.6. The van der Waals surface area contributed by atoms with Gasteiger partial charge < -0.3 is 23.8 Å². The molecule has 2 aliphatic heterocycles. The van der Waals surface area contributed by atoms with Crippen LogP contribution in [0.4, 0.5) is 0 Å². The second-order valence-electron chi connectivity index (χ2n) is 11.7. The van der Waals surface area contributed by atoms with E-state index in [0.717, 1.165) is 67.2 Å². The lowest BCUT2D eigenvalue weighted by Gasteiger charge is -2.37. The molecule has 3 heterocycles. The zero-order valence-corrected chi connectivity index (χ0v) is 23.2. The van der Waals surface area contributed by atoms with Crippen LogP contribution < -0.4 is 15.0 Å². The smallest absolute Gasteiger partial charge is 0.251 e. The Balaban J connectivity index is 1.07. The van der Waals surface area contributed by atoms with E-state index >= 15 is 0 Å². The molecular formula is C32H40BN3O3. The van der Waals surface area contributed by atoms with E-state index < -0.39 is 0 Å². The number of rotatable bonds is 7. The van der Waals surface area contributed by atoms with E-state index in [1.165, 1.54) is 43.1 Å². The Bertz CT molecular complexity index is 1360. The van der Waals surface area contributed by atoms with E-state index in [-0.39, 0.29) is 5.56 Å². The van der Waals surface area contributed by atoms with Crippen LogP contribution in [0.3, 0.4) is 0 Å². The van der Waals surface area contributed by atoms with Crippen LogP contribution >= 0.6 is 0 Å². The Kier molecular flexibility index (Phi) is 7.98. The second-order valence-corrected chi connectivity index (χ2v) is 11.7. The molecule has 6 nitrogen and oxygen atoms in total. The molecule has 1 aromatic heterocycles. The number of benzene rings is 2. The Labute approximate surface area is 233 Å².